The molecule has 2 aliphatic rings. The lowest BCUT2D eigenvalue weighted by Gasteiger charge is -2.57. The average molecular weight is 372 g/mol. The molecule has 6 nitrogen and oxygen atoms in total. The Hall–Kier alpha value is -0.110. The van der Waals surface area contributed by atoms with Crippen LogP contribution in [-0.2, 0) is 14.3 Å². The molecular weight excluding hydrogens is 341 g/mol. The maximum atomic E-state index is 12.4. The molecule has 138 valence electrons. The Morgan fingerprint density at radius 3 is 2.48 bits per heavy atom. The first kappa shape index (κ1) is 22.9. The summed E-state index contributed by atoms with van der Waals surface area (Å²) in [5.74, 6) is -0.0586. The van der Waals surface area contributed by atoms with Crippen LogP contribution in [0.3, 0.4) is 0 Å². The van der Waals surface area contributed by atoms with Gasteiger partial charge in [-0.2, -0.15) is 0 Å². The summed E-state index contributed by atoms with van der Waals surface area (Å²) in [5, 5.41) is 2.99. The zero-order valence-corrected chi connectivity index (χ0v) is 15.9. The number of nitrogens with zero attached hydrogens (tertiary/aromatic N) is 1. The van der Waals surface area contributed by atoms with Crippen molar-refractivity contribution in [2.75, 3.05) is 46.0 Å². The van der Waals surface area contributed by atoms with Crippen LogP contribution < -0.4 is 11.1 Å². The van der Waals surface area contributed by atoms with E-state index in [4.69, 9.17) is 15.2 Å². The van der Waals surface area contributed by atoms with Gasteiger partial charge in [0, 0.05) is 44.6 Å². The maximum absolute atomic E-state index is 12.4. The molecule has 23 heavy (non-hydrogen) atoms. The van der Waals surface area contributed by atoms with Crippen LogP contribution >= 0.6 is 24.8 Å². The highest BCUT2D eigenvalue weighted by molar-refractivity contribution is 5.88. The molecule has 3 N–H and O–H groups in total. The molecule has 0 aromatic heterocycles. The van der Waals surface area contributed by atoms with Gasteiger partial charge < -0.3 is 20.5 Å². The number of hydrogen-bond acceptors (Lipinski definition) is 5. The molecule has 0 spiro atoms. The smallest absolute Gasteiger partial charge is 0.240 e. The van der Waals surface area contributed by atoms with E-state index in [0.29, 0.717) is 19.6 Å². The van der Waals surface area contributed by atoms with Gasteiger partial charge in [0.1, 0.15) is 5.54 Å². The fourth-order valence-corrected chi connectivity index (χ4v) is 3.13. The van der Waals surface area contributed by atoms with Crippen molar-refractivity contribution in [3.8, 4) is 0 Å². The Labute approximate surface area is 151 Å². The van der Waals surface area contributed by atoms with E-state index in [1.54, 1.807) is 0 Å². The SMILES string of the molecule is CCOC1CC(N)(C(=O)NCCN2CCOCC2)C1(C)C.Cl.Cl. The Morgan fingerprint density at radius 2 is 1.96 bits per heavy atom. The average Bonchev–Trinajstić information content (AvgIpc) is 2.47. The molecular formula is C15H31Cl2N3O3. The highest BCUT2D eigenvalue weighted by Crippen LogP contribution is 2.49. The van der Waals surface area contributed by atoms with Crippen molar-refractivity contribution in [3.63, 3.8) is 0 Å². The molecule has 1 saturated heterocycles. The zero-order chi connectivity index (χ0) is 15.5. The summed E-state index contributed by atoms with van der Waals surface area (Å²) in [4.78, 5) is 14.7. The van der Waals surface area contributed by atoms with Crippen LogP contribution in [0.2, 0.25) is 0 Å². The molecule has 1 amide bonds. The maximum Gasteiger partial charge on any atom is 0.240 e. The van der Waals surface area contributed by atoms with Gasteiger partial charge in [0.2, 0.25) is 5.91 Å². The summed E-state index contributed by atoms with van der Waals surface area (Å²) in [6.45, 7) is 11.5. The number of carbonyl (C=O) groups is 1. The number of amides is 1. The molecule has 1 aliphatic carbocycles. The minimum absolute atomic E-state index is 0. The van der Waals surface area contributed by atoms with Gasteiger partial charge in [-0.05, 0) is 6.92 Å². The Balaban J connectivity index is 0.00000242. The number of rotatable bonds is 6. The number of nitrogens with one attached hydrogen (secondary N) is 1. The van der Waals surface area contributed by atoms with Crippen molar-refractivity contribution >= 4 is 30.7 Å². The number of ether oxygens (including phenoxy) is 2. The molecule has 2 unspecified atom stereocenters. The van der Waals surface area contributed by atoms with Gasteiger partial charge in [0.25, 0.3) is 0 Å². The van der Waals surface area contributed by atoms with E-state index in [2.05, 4.69) is 10.2 Å². The number of nitrogens with two attached hydrogens (primary N) is 1. The number of carbonyl (C=O) groups excluding carboxylic acids is 1. The molecule has 0 bridgehead atoms. The summed E-state index contributed by atoms with van der Waals surface area (Å²) in [5.41, 5.74) is 5.19. The van der Waals surface area contributed by atoms with Gasteiger partial charge in [-0.1, -0.05) is 13.8 Å². The molecule has 8 heteroatoms. The van der Waals surface area contributed by atoms with Crippen LogP contribution in [0.4, 0.5) is 0 Å². The van der Waals surface area contributed by atoms with Gasteiger partial charge >= 0.3 is 0 Å². The highest BCUT2D eigenvalue weighted by Gasteiger charge is 2.62. The molecule has 1 heterocycles. The lowest BCUT2D eigenvalue weighted by atomic mass is 9.54. The van der Waals surface area contributed by atoms with Crippen molar-refractivity contribution in [1.82, 2.24) is 10.2 Å². The normalized spacial score (nSPS) is 29.7. The van der Waals surface area contributed by atoms with E-state index in [9.17, 15) is 4.79 Å². The molecule has 1 saturated carbocycles. The summed E-state index contributed by atoms with van der Waals surface area (Å²) in [6.07, 6.45) is 0.662. The Kier molecular flexibility index (Phi) is 9.35. The van der Waals surface area contributed by atoms with Crippen LogP contribution in [0, 0.1) is 5.41 Å². The van der Waals surface area contributed by atoms with Crippen molar-refractivity contribution in [2.24, 2.45) is 11.1 Å². The lowest BCUT2D eigenvalue weighted by Crippen LogP contribution is -2.76. The first-order valence-electron chi connectivity index (χ1n) is 7.90. The van der Waals surface area contributed by atoms with E-state index in [1.807, 2.05) is 20.8 Å². The zero-order valence-electron chi connectivity index (χ0n) is 14.3. The van der Waals surface area contributed by atoms with Crippen molar-refractivity contribution in [3.05, 3.63) is 0 Å². The van der Waals surface area contributed by atoms with Crippen LogP contribution in [-0.4, -0.2) is 68.4 Å². The molecule has 1 aliphatic heterocycles. The van der Waals surface area contributed by atoms with Gasteiger partial charge in [0.15, 0.2) is 0 Å². The third kappa shape index (κ3) is 4.71. The first-order chi connectivity index (χ1) is 9.91. The minimum atomic E-state index is -0.822. The van der Waals surface area contributed by atoms with Gasteiger partial charge in [0.05, 0.1) is 19.3 Å². The second-order valence-electron chi connectivity index (χ2n) is 6.55. The third-order valence-corrected chi connectivity index (χ3v) is 5.05. The molecule has 2 rings (SSSR count). The van der Waals surface area contributed by atoms with Crippen molar-refractivity contribution in [1.29, 1.82) is 0 Å². The van der Waals surface area contributed by atoms with E-state index in [1.165, 1.54) is 0 Å². The van der Waals surface area contributed by atoms with E-state index in [-0.39, 0.29) is 42.2 Å². The van der Waals surface area contributed by atoms with Gasteiger partial charge in [-0.15, -0.1) is 24.8 Å². The topological polar surface area (TPSA) is 76.8 Å². The summed E-state index contributed by atoms with van der Waals surface area (Å²) in [7, 11) is 0. The molecule has 0 aromatic rings. The van der Waals surface area contributed by atoms with Crippen LogP contribution in [0.5, 0.6) is 0 Å². The molecule has 0 radical (unpaired) electrons. The largest absolute Gasteiger partial charge is 0.379 e. The Bertz CT molecular complexity index is 379. The molecule has 0 aromatic carbocycles. The van der Waals surface area contributed by atoms with E-state index in [0.717, 1.165) is 32.8 Å². The van der Waals surface area contributed by atoms with Crippen LogP contribution in [0.1, 0.15) is 27.2 Å². The third-order valence-electron chi connectivity index (χ3n) is 5.05. The standard InChI is InChI=1S/C15H29N3O3.2ClH/c1-4-21-12-11-15(16,14(12,2)3)13(19)17-5-6-18-7-9-20-10-8-18;;/h12H,4-11,16H2,1-3H3,(H,17,19);2*1H. The van der Waals surface area contributed by atoms with Crippen LogP contribution in [0.15, 0.2) is 0 Å². The predicted octanol–water partition coefficient (Wildman–Crippen LogP) is 0.811. The van der Waals surface area contributed by atoms with E-state index < -0.39 is 5.54 Å². The monoisotopic (exact) mass is 371 g/mol. The fourth-order valence-electron chi connectivity index (χ4n) is 3.13. The van der Waals surface area contributed by atoms with E-state index >= 15 is 0 Å². The fraction of sp³-hybridized carbons (Fsp3) is 0.933. The first-order valence-corrected chi connectivity index (χ1v) is 7.90. The molecule has 2 atom stereocenters. The minimum Gasteiger partial charge on any atom is -0.379 e. The quantitative estimate of drug-likeness (QED) is 0.722. The lowest BCUT2D eigenvalue weighted by molar-refractivity contribution is -0.170. The van der Waals surface area contributed by atoms with Crippen LogP contribution in [0.25, 0.3) is 0 Å². The molecule has 2 fully saturated rings. The summed E-state index contributed by atoms with van der Waals surface area (Å²) >= 11 is 0. The number of hydrogen-bond donors (Lipinski definition) is 2. The van der Waals surface area contributed by atoms with Crippen molar-refractivity contribution < 1.29 is 14.3 Å². The second-order valence-corrected chi connectivity index (χ2v) is 6.55. The predicted molar refractivity (Wildman–Crippen MR) is 95.5 cm³/mol. The second kappa shape index (κ2) is 9.39. The van der Waals surface area contributed by atoms with Gasteiger partial charge in [-0.25, -0.2) is 0 Å². The summed E-state index contributed by atoms with van der Waals surface area (Å²) in [6, 6.07) is 0. The highest BCUT2D eigenvalue weighted by atomic mass is 35.5. The van der Waals surface area contributed by atoms with Gasteiger partial charge in [-0.3, -0.25) is 9.69 Å². The van der Waals surface area contributed by atoms with Crippen molar-refractivity contribution in [2.45, 2.75) is 38.8 Å². The summed E-state index contributed by atoms with van der Waals surface area (Å²) < 4.78 is 11.0. The number of halogens is 2. The number of morpholine rings is 1. The Morgan fingerprint density at radius 1 is 1.35 bits per heavy atom.